The van der Waals surface area contributed by atoms with Gasteiger partial charge < -0.3 is 9.67 Å². The molecule has 0 fully saturated rings. The highest BCUT2D eigenvalue weighted by molar-refractivity contribution is 5.82. The number of phenolic OH excluding ortho intramolecular Hbond substituents is 1. The summed E-state index contributed by atoms with van der Waals surface area (Å²) >= 11 is 0. The van der Waals surface area contributed by atoms with E-state index in [0.29, 0.717) is 5.75 Å². The maximum Gasteiger partial charge on any atom is 0.144 e. The summed E-state index contributed by atoms with van der Waals surface area (Å²) in [6.45, 7) is 7.03. The fraction of sp³-hybridized carbons (Fsp3) is 0.278. The number of nitrogens with zero attached hydrogens (tertiary/aromatic N) is 2. The summed E-state index contributed by atoms with van der Waals surface area (Å²) < 4.78 is 2.20. The molecule has 3 rings (SSSR count). The maximum absolute atomic E-state index is 10.4. The Labute approximate surface area is 124 Å². The van der Waals surface area contributed by atoms with Gasteiger partial charge in [-0.25, -0.2) is 4.98 Å². The van der Waals surface area contributed by atoms with Gasteiger partial charge in [0.15, 0.2) is 0 Å². The first-order valence-corrected chi connectivity index (χ1v) is 7.37. The highest BCUT2D eigenvalue weighted by Crippen LogP contribution is 2.33. The number of hydrogen-bond donors (Lipinski definition) is 1. The van der Waals surface area contributed by atoms with E-state index in [4.69, 9.17) is 4.98 Å². The van der Waals surface area contributed by atoms with Crippen LogP contribution >= 0.6 is 0 Å². The Kier molecular flexibility index (Phi) is 3.42. The zero-order chi connectivity index (χ0) is 15.0. The van der Waals surface area contributed by atoms with E-state index in [1.165, 1.54) is 5.56 Å². The second-order valence-electron chi connectivity index (χ2n) is 5.55. The van der Waals surface area contributed by atoms with Crippen molar-refractivity contribution in [3.63, 3.8) is 0 Å². The number of aromatic nitrogens is 2. The van der Waals surface area contributed by atoms with E-state index in [0.717, 1.165) is 41.0 Å². The predicted molar refractivity (Wildman–Crippen MR) is 86.6 cm³/mol. The van der Waals surface area contributed by atoms with E-state index < -0.39 is 0 Å². The summed E-state index contributed by atoms with van der Waals surface area (Å²) in [4.78, 5) is 4.77. The first kappa shape index (κ1) is 13.7. The lowest BCUT2D eigenvalue weighted by Crippen LogP contribution is -2.00. The molecule has 3 heteroatoms. The minimum Gasteiger partial charge on any atom is -0.507 e. The van der Waals surface area contributed by atoms with E-state index in [9.17, 15) is 5.11 Å². The van der Waals surface area contributed by atoms with Crippen molar-refractivity contribution < 1.29 is 5.11 Å². The molecule has 0 aliphatic heterocycles. The fourth-order valence-corrected chi connectivity index (χ4v) is 2.73. The quantitative estimate of drug-likeness (QED) is 0.770. The minimum atomic E-state index is 0.321. The third-order valence-electron chi connectivity index (χ3n) is 3.83. The zero-order valence-electron chi connectivity index (χ0n) is 12.7. The van der Waals surface area contributed by atoms with Crippen LogP contribution in [0.3, 0.4) is 0 Å². The second-order valence-corrected chi connectivity index (χ2v) is 5.55. The Balaban J connectivity index is 2.30. The van der Waals surface area contributed by atoms with Gasteiger partial charge in [-0.2, -0.15) is 0 Å². The van der Waals surface area contributed by atoms with E-state index >= 15 is 0 Å². The molecule has 1 aromatic heterocycles. The molecule has 1 heterocycles. The Morgan fingerprint density at radius 1 is 1.14 bits per heavy atom. The van der Waals surface area contributed by atoms with Crippen molar-refractivity contribution >= 4 is 11.0 Å². The van der Waals surface area contributed by atoms with Gasteiger partial charge in [-0.1, -0.05) is 25.1 Å². The largest absolute Gasteiger partial charge is 0.507 e. The number of para-hydroxylation sites is 1. The molecule has 0 unspecified atom stereocenters. The first-order chi connectivity index (χ1) is 10.1. The molecule has 3 nitrogen and oxygen atoms in total. The van der Waals surface area contributed by atoms with Crippen LogP contribution in [0.25, 0.3) is 22.4 Å². The number of phenols is 1. The standard InChI is InChI=1S/C18H20N2O/c1-4-10-20-16-9-8-12(2)11-15(16)19-18(20)14-7-5-6-13(3)17(14)21/h5-9,11,21H,4,10H2,1-3H3. The molecule has 0 saturated carbocycles. The molecule has 0 amide bonds. The van der Waals surface area contributed by atoms with Gasteiger partial charge in [0.25, 0.3) is 0 Å². The molecule has 2 aromatic carbocycles. The van der Waals surface area contributed by atoms with Gasteiger partial charge in [0.2, 0.25) is 0 Å². The van der Waals surface area contributed by atoms with Crippen LogP contribution in [0, 0.1) is 13.8 Å². The van der Waals surface area contributed by atoms with E-state index in [1.807, 2.05) is 25.1 Å². The molecule has 21 heavy (non-hydrogen) atoms. The summed E-state index contributed by atoms with van der Waals surface area (Å²) in [7, 11) is 0. The highest BCUT2D eigenvalue weighted by atomic mass is 16.3. The topological polar surface area (TPSA) is 38.0 Å². The number of benzene rings is 2. The Bertz CT molecular complexity index is 802. The fourth-order valence-electron chi connectivity index (χ4n) is 2.73. The number of fused-ring (bicyclic) bond motifs is 1. The molecular formula is C18H20N2O. The van der Waals surface area contributed by atoms with Crippen LogP contribution in [-0.2, 0) is 6.54 Å². The molecule has 0 saturated heterocycles. The lowest BCUT2D eigenvalue weighted by molar-refractivity contribution is 0.472. The van der Waals surface area contributed by atoms with Crippen LogP contribution in [-0.4, -0.2) is 14.7 Å². The molecule has 0 spiro atoms. The van der Waals surface area contributed by atoms with Gasteiger partial charge in [0.1, 0.15) is 11.6 Å². The summed E-state index contributed by atoms with van der Waals surface area (Å²) in [5, 5.41) is 10.4. The number of hydrogen-bond acceptors (Lipinski definition) is 2. The SMILES string of the molecule is CCCn1c(-c2cccc(C)c2O)nc2cc(C)ccc21. The van der Waals surface area contributed by atoms with Gasteiger partial charge in [-0.05, 0) is 49.6 Å². The highest BCUT2D eigenvalue weighted by Gasteiger charge is 2.15. The van der Waals surface area contributed by atoms with Crippen molar-refractivity contribution in [2.75, 3.05) is 0 Å². The van der Waals surface area contributed by atoms with Crippen molar-refractivity contribution in [2.24, 2.45) is 0 Å². The summed E-state index contributed by atoms with van der Waals surface area (Å²) in [6, 6.07) is 12.1. The Morgan fingerprint density at radius 3 is 2.71 bits per heavy atom. The molecule has 0 radical (unpaired) electrons. The first-order valence-electron chi connectivity index (χ1n) is 7.37. The smallest absolute Gasteiger partial charge is 0.144 e. The van der Waals surface area contributed by atoms with E-state index in [2.05, 4.69) is 36.6 Å². The van der Waals surface area contributed by atoms with Crippen LogP contribution < -0.4 is 0 Å². The predicted octanol–water partition coefficient (Wildman–Crippen LogP) is 4.44. The van der Waals surface area contributed by atoms with Crippen molar-refractivity contribution in [3.8, 4) is 17.1 Å². The molecule has 0 atom stereocenters. The molecule has 3 aromatic rings. The minimum absolute atomic E-state index is 0.321. The molecule has 1 N–H and O–H groups in total. The van der Waals surface area contributed by atoms with Crippen LogP contribution in [0.15, 0.2) is 36.4 Å². The van der Waals surface area contributed by atoms with Crippen LogP contribution in [0.1, 0.15) is 24.5 Å². The van der Waals surface area contributed by atoms with Crippen molar-refractivity contribution in [3.05, 3.63) is 47.5 Å². The average Bonchev–Trinajstić information content (AvgIpc) is 2.80. The molecular weight excluding hydrogens is 260 g/mol. The third-order valence-corrected chi connectivity index (χ3v) is 3.83. The second kappa shape index (κ2) is 5.24. The van der Waals surface area contributed by atoms with Gasteiger partial charge >= 0.3 is 0 Å². The zero-order valence-corrected chi connectivity index (χ0v) is 12.7. The monoisotopic (exact) mass is 280 g/mol. The molecule has 108 valence electrons. The van der Waals surface area contributed by atoms with Crippen LogP contribution in [0.2, 0.25) is 0 Å². The average molecular weight is 280 g/mol. The van der Waals surface area contributed by atoms with Crippen LogP contribution in [0.5, 0.6) is 5.75 Å². The molecule has 0 bridgehead atoms. The van der Waals surface area contributed by atoms with Crippen molar-refractivity contribution in [1.29, 1.82) is 0 Å². The maximum atomic E-state index is 10.4. The Morgan fingerprint density at radius 2 is 1.95 bits per heavy atom. The summed E-state index contributed by atoms with van der Waals surface area (Å²) in [5.74, 6) is 1.17. The number of rotatable bonds is 3. The summed E-state index contributed by atoms with van der Waals surface area (Å²) in [6.07, 6.45) is 1.03. The summed E-state index contributed by atoms with van der Waals surface area (Å²) in [5.41, 5.74) is 4.98. The van der Waals surface area contributed by atoms with Gasteiger partial charge in [-0.15, -0.1) is 0 Å². The molecule has 0 aliphatic carbocycles. The lowest BCUT2D eigenvalue weighted by atomic mass is 10.1. The van der Waals surface area contributed by atoms with Gasteiger partial charge in [0.05, 0.1) is 16.6 Å². The normalized spacial score (nSPS) is 11.2. The van der Waals surface area contributed by atoms with Crippen molar-refractivity contribution in [2.45, 2.75) is 33.7 Å². The van der Waals surface area contributed by atoms with E-state index in [-0.39, 0.29) is 0 Å². The third kappa shape index (κ3) is 2.29. The van der Waals surface area contributed by atoms with Gasteiger partial charge in [0, 0.05) is 6.54 Å². The number of aryl methyl sites for hydroxylation is 3. The Hall–Kier alpha value is -2.29. The van der Waals surface area contributed by atoms with Crippen LogP contribution in [0.4, 0.5) is 0 Å². The van der Waals surface area contributed by atoms with Gasteiger partial charge in [-0.3, -0.25) is 0 Å². The number of imidazole rings is 1. The number of aromatic hydroxyl groups is 1. The lowest BCUT2D eigenvalue weighted by Gasteiger charge is -2.10. The molecule has 0 aliphatic rings. The van der Waals surface area contributed by atoms with E-state index in [1.54, 1.807) is 0 Å². The van der Waals surface area contributed by atoms with Crippen molar-refractivity contribution in [1.82, 2.24) is 9.55 Å².